The molecule has 1 fully saturated rings. The first kappa shape index (κ1) is 15.0. The van der Waals surface area contributed by atoms with Crippen molar-refractivity contribution >= 4 is 15.9 Å². The fourth-order valence-electron chi connectivity index (χ4n) is 3.05. The summed E-state index contributed by atoms with van der Waals surface area (Å²) in [6.45, 7) is 9.16. The summed E-state index contributed by atoms with van der Waals surface area (Å²) >= 11 is 3.50. The van der Waals surface area contributed by atoms with Gasteiger partial charge in [-0.2, -0.15) is 0 Å². The summed E-state index contributed by atoms with van der Waals surface area (Å²) in [6.07, 6.45) is 1.28. The number of hydrogen-bond acceptors (Lipinski definition) is 2. The van der Waals surface area contributed by atoms with Gasteiger partial charge in [-0.25, -0.2) is 0 Å². The Morgan fingerprint density at radius 2 is 1.84 bits per heavy atom. The number of hydrogen-bond donors (Lipinski definition) is 1. The lowest BCUT2D eigenvalue weighted by atomic mass is 9.86. The number of nitrogens with zero attached hydrogens (tertiary/aromatic N) is 1. The second-order valence-electron chi connectivity index (χ2n) is 6.09. The van der Waals surface area contributed by atoms with Gasteiger partial charge in [-0.05, 0) is 49.4 Å². The minimum absolute atomic E-state index is 0.154. The Bertz CT molecular complexity index is 402. The molecule has 2 nitrogen and oxygen atoms in total. The highest BCUT2D eigenvalue weighted by molar-refractivity contribution is 9.10. The molecule has 3 heteroatoms. The Kier molecular flexibility index (Phi) is 5.04. The van der Waals surface area contributed by atoms with Gasteiger partial charge in [0.1, 0.15) is 0 Å². The fraction of sp³-hybridized carbons (Fsp3) is 0.625. The average Bonchev–Trinajstić information content (AvgIpc) is 2.36. The third-order valence-corrected chi connectivity index (χ3v) is 5.00. The van der Waals surface area contributed by atoms with Crippen LogP contribution in [0.25, 0.3) is 0 Å². The molecule has 0 bridgehead atoms. The minimum atomic E-state index is 0.154. The van der Waals surface area contributed by atoms with Gasteiger partial charge in [0, 0.05) is 23.1 Å². The van der Waals surface area contributed by atoms with Crippen LogP contribution in [-0.2, 0) is 0 Å². The van der Waals surface area contributed by atoms with Gasteiger partial charge in [0.15, 0.2) is 0 Å². The van der Waals surface area contributed by atoms with Crippen LogP contribution in [0.5, 0.6) is 0 Å². The summed E-state index contributed by atoms with van der Waals surface area (Å²) in [7, 11) is 0. The van der Waals surface area contributed by atoms with Crippen LogP contribution in [-0.4, -0.2) is 24.0 Å². The fourth-order valence-corrected chi connectivity index (χ4v) is 3.32. The molecule has 0 saturated carbocycles. The highest BCUT2D eigenvalue weighted by Gasteiger charge is 2.30. The third-order valence-electron chi connectivity index (χ3n) is 4.47. The van der Waals surface area contributed by atoms with E-state index in [1.165, 1.54) is 12.0 Å². The van der Waals surface area contributed by atoms with E-state index in [2.05, 4.69) is 65.9 Å². The van der Waals surface area contributed by atoms with Crippen molar-refractivity contribution < 1.29 is 0 Å². The van der Waals surface area contributed by atoms with E-state index < -0.39 is 0 Å². The van der Waals surface area contributed by atoms with E-state index in [0.29, 0.717) is 6.04 Å². The quantitative estimate of drug-likeness (QED) is 0.915. The molecule has 0 aliphatic carbocycles. The highest BCUT2D eigenvalue weighted by Crippen LogP contribution is 2.31. The van der Waals surface area contributed by atoms with E-state index in [0.717, 1.165) is 29.4 Å². The van der Waals surface area contributed by atoms with E-state index in [1.54, 1.807) is 0 Å². The van der Waals surface area contributed by atoms with Crippen LogP contribution in [0.3, 0.4) is 0 Å². The number of benzene rings is 1. The summed E-state index contributed by atoms with van der Waals surface area (Å²) in [4.78, 5) is 2.57. The first-order valence-corrected chi connectivity index (χ1v) is 8.03. The van der Waals surface area contributed by atoms with Gasteiger partial charge in [-0.3, -0.25) is 4.90 Å². The minimum Gasteiger partial charge on any atom is -0.326 e. The molecule has 2 rings (SSSR count). The lowest BCUT2D eigenvalue weighted by molar-refractivity contribution is 0.0851. The zero-order chi connectivity index (χ0) is 14.0. The normalized spacial score (nSPS) is 28.1. The number of rotatable bonds is 3. The Labute approximate surface area is 125 Å². The standard InChI is InChI=1S/C16H25BrN2/c1-11-8-9-19(10-12(11)2)16(13(3)18)14-4-6-15(17)7-5-14/h4-7,11-13,16H,8-10,18H2,1-3H3. The van der Waals surface area contributed by atoms with Crippen molar-refractivity contribution in [3.05, 3.63) is 34.3 Å². The SMILES string of the molecule is CC(N)C(c1ccc(Br)cc1)N1CCC(C)C(C)C1. The number of nitrogens with two attached hydrogens (primary N) is 1. The van der Waals surface area contributed by atoms with Gasteiger partial charge in [-0.1, -0.05) is 41.9 Å². The van der Waals surface area contributed by atoms with Gasteiger partial charge in [0.05, 0.1) is 0 Å². The predicted octanol–water partition coefficient (Wildman–Crippen LogP) is 3.82. The Balaban J connectivity index is 2.18. The number of likely N-dealkylation sites (tertiary alicyclic amines) is 1. The summed E-state index contributed by atoms with van der Waals surface area (Å²) in [5.41, 5.74) is 7.60. The van der Waals surface area contributed by atoms with Gasteiger partial charge >= 0.3 is 0 Å². The van der Waals surface area contributed by atoms with Crippen molar-refractivity contribution in [2.24, 2.45) is 17.6 Å². The zero-order valence-electron chi connectivity index (χ0n) is 12.1. The lowest BCUT2D eigenvalue weighted by Crippen LogP contribution is -2.46. The van der Waals surface area contributed by atoms with Crippen molar-refractivity contribution in [3.8, 4) is 0 Å². The van der Waals surface area contributed by atoms with E-state index in [-0.39, 0.29) is 6.04 Å². The zero-order valence-corrected chi connectivity index (χ0v) is 13.7. The molecule has 2 N–H and O–H groups in total. The van der Waals surface area contributed by atoms with Crippen LogP contribution in [0.1, 0.15) is 38.8 Å². The molecule has 1 aromatic rings. The maximum Gasteiger partial charge on any atom is 0.0496 e. The molecule has 0 spiro atoms. The molecule has 0 aromatic heterocycles. The summed E-state index contributed by atoms with van der Waals surface area (Å²) in [5, 5.41) is 0. The van der Waals surface area contributed by atoms with Crippen molar-refractivity contribution in [1.82, 2.24) is 4.90 Å². The molecule has 4 unspecified atom stereocenters. The van der Waals surface area contributed by atoms with Crippen molar-refractivity contribution in [2.45, 2.75) is 39.3 Å². The van der Waals surface area contributed by atoms with Crippen LogP contribution in [0, 0.1) is 11.8 Å². The van der Waals surface area contributed by atoms with Crippen molar-refractivity contribution in [1.29, 1.82) is 0 Å². The van der Waals surface area contributed by atoms with Gasteiger partial charge < -0.3 is 5.73 Å². The maximum absolute atomic E-state index is 6.26. The van der Waals surface area contributed by atoms with E-state index in [9.17, 15) is 0 Å². The number of piperidine rings is 1. The van der Waals surface area contributed by atoms with Crippen LogP contribution >= 0.6 is 15.9 Å². The Morgan fingerprint density at radius 3 is 2.37 bits per heavy atom. The van der Waals surface area contributed by atoms with Gasteiger partial charge in [-0.15, -0.1) is 0 Å². The average molecular weight is 325 g/mol. The summed E-state index contributed by atoms with van der Waals surface area (Å²) in [5.74, 6) is 1.58. The second-order valence-corrected chi connectivity index (χ2v) is 7.01. The first-order valence-electron chi connectivity index (χ1n) is 7.24. The third kappa shape index (κ3) is 3.59. The number of halogens is 1. The van der Waals surface area contributed by atoms with Crippen molar-refractivity contribution in [3.63, 3.8) is 0 Å². The van der Waals surface area contributed by atoms with Crippen LogP contribution in [0.2, 0.25) is 0 Å². The van der Waals surface area contributed by atoms with Crippen molar-refractivity contribution in [2.75, 3.05) is 13.1 Å². The largest absolute Gasteiger partial charge is 0.326 e. The molecule has 4 atom stereocenters. The highest BCUT2D eigenvalue weighted by atomic mass is 79.9. The van der Waals surface area contributed by atoms with Gasteiger partial charge in [0.2, 0.25) is 0 Å². The van der Waals surface area contributed by atoms with Crippen LogP contribution in [0.4, 0.5) is 0 Å². The summed E-state index contributed by atoms with van der Waals surface area (Å²) < 4.78 is 1.13. The topological polar surface area (TPSA) is 29.3 Å². The van der Waals surface area contributed by atoms with Gasteiger partial charge in [0.25, 0.3) is 0 Å². The molecule has 19 heavy (non-hydrogen) atoms. The molecule has 106 valence electrons. The molecule has 1 aliphatic heterocycles. The molecule has 0 amide bonds. The Morgan fingerprint density at radius 1 is 1.21 bits per heavy atom. The molecule has 0 radical (unpaired) electrons. The molecule has 1 heterocycles. The molecule has 1 aromatic carbocycles. The molecular weight excluding hydrogens is 300 g/mol. The molecular formula is C16H25BrN2. The maximum atomic E-state index is 6.26. The molecule has 1 aliphatic rings. The second kappa shape index (κ2) is 6.38. The molecule has 1 saturated heterocycles. The first-order chi connectivity index (χ1) is 8.99. The van der Waals surface area contributed by atoms with Crippen LogP contribution in [0.15, 0.2) is 28.7 Å². The van der Waals surface area contributed by atoms with Crippen LogP contribution < -0.4 is 5.73 Å². The Hall–Kier alpha value is -0.380. The summed E-state index contributed by atoms with van der Waals surface area (Å²) in [6, 6.07) is 9.10. The van der Waals surface area contributed by atoms with E-state index >= 15 is 0 Å². The van der Waals surface area contributed by atoms with E-state index in [1.807, 2.05) is 0 Å². The predicted molar refractivity (Wildman–Crippen MR) is 85.1 cm³/mol. The smallest absolute Gasteiger partial charge is 0.0496 e. The van der Waals surface area contributed by atoms with E-state index in [4.69, 9.17) is 5.73 Å². The monoisotopic (exact) mass is 324 g/mol. The lowest BCUT2D eigenvalue weighted by Gasteiger charge is -2.42.